The third kappa shape index (κ3) is 6.11. The summed E-state index contributed by atoms with van der Waals surface area (Å²) in [5.41, 5.74) is 3.85. The number of carbonyl (C=O) groups excluding carboxylic acids is 1. The van der Waals surface area contributed by atoms with E-state index in [1.807, 2.05) is 0 Å². The van der Waals surface area contributed by atoms with Crippen molar-refractivity contribution in [3.8, 4) is 6.07 Å². The number of nitriles is 1. The maximum atomic E-state index is 12.0. The monoisotopic (exact) mass is 376 g/mol. The van der Waals surface area contributed by atoms with Gasteiger partial charge in [0.2, 0.25) is 5.91 Å². The first-order valence-electron chi connectivity index (χ1n) is 9.93. The molecular weight excluding hydrogens is 348 g/mol. The lowest BCUT2D eigenvalue weighted by molar-refractivity contribution is -0.119. The highest BCUT2D eigenvalue weighted by Gasteiger charge is 2.16. The molecule has 146 valence electrons. The SMILES string of the molecule is CC1CCCN(Cc2ccc(CNC(=O)CNc3ccc(C#N)cc3)cc2)C1. The van der Waals surface area contributed by atoms with Gasteiger partial charge in [0.15, 0.2) is 0 Å². The Kier molecular flexibility index (Phi) is 7.05. The van der Waals surface area contributed by atoms with Crippen LogP contribution in [0.2, 0.25) is 0 Å². The molecule has 0 radical (unpaired) electrons. The van der Waals surface area contributed by atoms with Gasteiger partial charge < -0.3 is 10.6 Å². The van der Waals surface area contributed by atoms with E-state index < -0.39 is 0 Å². The van der Waals surface area contributed by atoms with E-state index in [1.165, 1.54) is 31.5 Å². The van der Waals surface area contributed by atoms with E-state index in [2.05, 4.69) is 52.8 Å². The number of piperidine rings is 1. The number of hydrogen-bond donors (Lipinski definition) is 2. The number of anilines is 1. The van der Waals surface area contributed by atoms with E-state index in [9.17, 15) is 4.79 Å². The van der Waals surface area contributed by atoms with Gasteiger partial charge in [0.25, 0.3) is 0 Å². The molecular formula is C23H28N4O. The summed E-state index contributed by atoms with van der Waals surface area (Å²) in [5, 5.41) is 14.8. The molecule has 5 nitrogen and oxygen atoms in total. The van der Waals surface area contributed by atoms with Crippen LogP contribution in [0, 0.1) is 17.2 Å². The van der Waals surface area contributed by atoms with Crippen molar-refractivity contribution in [3.05, 3.63) is 65.2 Å². The van der Waals surface area contributed by atoms with E-state index in [0.717, 1.165) is 23.7 Å². The Morgan fingerprint density at radius 1 is 1.14 bits per heavy atom. The first-order valence-corrected chi connectivity index (χ1v) is 9.93. The molecule has 1 aliphatic rings. The third-order valence-corrected chi connectivity index (χ3v) is 5.13. The Labute approximate surface area is 167 Å². The van der Waals surface area contributed by atoms with Gasteiger partial charge >= 0.3 is 0 Å². The molecule has 0 bridgehead atoms. The highest BCUT2D eigenvalue weighted by molar-refractivity contribution is 5.80. The van der Waals surface area contributed by atoms with Gasteiger partial charge in [0.1, 0.15) is 0 Å². The van der Waals surface area contributed by atoms with Crippen LogP contribution in [0.25, 0.3) is 0 Å². The number of nitrogens with zero attached hydrogens (tertiary/aromatic N) is 2. The number of nitrogens with one attached hydrogen (secondary N) is 2. The molecule has 2 N–H and O–H groups in total. The molecule has 3 rings (SSSR count). The molecule has 2 aromatic carbocycles. The third-order valence-electron chi connectivity index (χ3n) is 5.13. The van der Waals surface area contributed by atoms with Gasteiger partial charge in [-0.15, -0.1) is 0 Å². The standard InChI is InChI=1S/C23H28N4O/c1-18-3-2-12-27(16-18)17-21-6-4-20(5-7-21)14-26-23(28)15-25-22-10-8-19(13-24)9-11-22/h4-11,18,25H,2-3,12,14-17H2,1H3,(H,26,28). The van der Waals surface area contributed by atoms with Gasteiger partial charge in [0, 0.05) is 25.3 Å². The number of likely N-dealkylation sites (tertiary alicyclic amines) is 1. The second-order valence-electron chi connectivity index (χ2n) is 7.62. The second kappa shape index (κ2) is 9.91. The molecule has 1 amide bonds. The summed E-state index contributed by atoms with van der Waals surface area (Å²) in [6.07, 6.45) is 2.64. The number of benzene rings is 2. The van der Waals surface area contributed by atoms with Crippen molar-refractivity contribution in [2.45, 2.75) is 32.9 Å². The van der Waals surface area contributed by atoms with Crippen LogP contribution in [0.1, 0.15) is 36.5 Å². The zero-order chi connectivity index (χ0) is 19.8. The Bertz CT molecular complexity index is 808. The van der Waals surface area contributed by atoms with Crippen molar-refractivity contribution in [2.24, 2.45) is 5.92 Å². The van der Waals surface area contributed by atoms with Crippen LogP contribution in [0.4, 0.5) is 5.69 Å². The zero-order valence-electron chi connectivity index (χ0n) is 16.4. The van der Waals surface area contributed by atoms with Crippen molar-refractivity contribution in [2.75, 3.05) is 25.0 Å². The van der Waals surface area contributed by atoms with Crippen molar-refractivity contribution >= 4 is 11.6 Å². The lowest BCUT2D eigenvalue weighted by atomic mass is 9.99. The summed E-state index contributed by atoms with van der Waals surface area (Å²) in [4.78, 5) is 14.6. The van der Waals surface area contributed by atoms with E-state index in [1.54, 1.807) is 24.3 Å². The molecule has 0 aliphatic carbocycles. The molecule has 1 heterocycles. The predicted octanol–water partition coefficient (Wildman–Crippen LogP) is 3.52. The molecule has 1 unspecified atom stereocenters. The molecule has 0 spiro atoms. The van der Waals surface area contributed by atoms with Crippen molar-refractivity contribution in [1.29, 1.82) is 5.26 Å². The smallest absolute Gasteiger partial charge is 0.239 e. The average molecular weight is 377 g/mol. The minimum absolute atomic E-state index is 0.0595. The van der Waals surface area contributed by atoms with E-state index in [0.29, 0.717) is 12.1 Å². The second-order valence-corrected chi connectivity index (χ2v) is 7.62. The Balaban J connectivity index is 1.40. The van der Waals surface area contributed by atoms with Crippen LogP contribution < -0.4 is 10.6 Å². The van der Waals surface area contributed by atoms with Crippen LogP contribution in [0.15, 0.2) is 48.5 Å². The summed E-state index contributed by atoms with van der Waals surface area (Å²) in [6, 6.07) is 17.6. The molecule has 1 aliphatic heterocycles. The molecule has 1 atom stereocenters. The van der Waals surface area contributed by atoms with Crippen molar-refractivity contribution in [3.63, 3.8) is 0 Å². The Morgan fingerprint density at radius 3 is 2.54 bits per heavy atom. The molecule has 0 aromatic heterocycles. The van der Waals surface area contributed by atoms with Crippen LogP contribution in [-0.4, -0.2) is 30.4 Å². The molecule has 28 heavy (non-hydrogen) atoms. The van der Waals surface area contributed by atoms with E-state index in [4.69, 9.17) is 5.26 Å². The van der Waals surface area contributed by atoms with Crippen molar-refractivity contribution < 1.29 is 4.79 Å². The minimum atomic E-state index is -0.0595. The predicted molar refractivity (Wildman–Crippen MR) is 112 cm³/mol. The lowest BCUT2D eigenvalue weighted by Gasteiger charge is -2.30. The van der Waals surface area contributed by atoms with E-state index >= 15 is 0 Å². The quantitative estimate of drug-likeness (QED) is 0.776. The largest absolute Gasteiger partial charge is 0.376 e. The molecule has 5 heteroatoms. The fourth-order valence-electron chi connectivity index (χ4n) is 3.56. The van der Waals surface area contributed by atoms with Crippen LogP contribution in [-0.2, 0) is 17.9 Å². The number of hydrogen-bond acceptors (Lipinski definition) is 4. The van der Waals surface area contributed by atoms with Gasteiger partial charge in [0.05, 0.1) is 18.2 Å². The van der Waals surface area contributed by atoms with E-state index in [-0.39, 0.29) is 12.5 Å². The maximum absolute atomic E-state index is 12.0. The first-order chi connectivity index (χ1) is 13.6. The topological polar surface area (TPSA) is 68.2 Å². The van der Waals surface area contributed by atoms with Gasteiger partial charge in [-0.1, -0.05) is 31.2 Å². The highest BCUT2D eigenvalue weighted by Crippen LogP contribution is 2.18. The fraction of sp³-hybridized carbons (Fsp3) is 0.391. The molecule has 0 saturated carbocycles. The fourth-order valence-corrected chi connectivity index (χ4v) is 3.56. The molecule has 1 saturated heterocycles. The summed E-state index contributed by atoms with van der Waals surface area (Å²) < 4.78 is 0. The summed E-state index contributed by atoms with van der Waals surface area (Å²) in [5.74, 6) is 0.733. The minimum Gasteiger partial charge on any atom is -0.376 e. The first kappa shape index (κ1) is 19.9. The average Bonchev–Trinajstić information content (AvgIpc) is 2.72. The number of amides is 1. The van der Waals surface area contributed by atoms with Gasteiger partial charge in [-0.05, 0) is 60.7 Å². The Hall–Kier alpha value is -2.84. The molecule has 1 fully saturated rings. The Morgan fingerprint density at radius 2 is 1.86 bits per heavy atom. The highest BCUT2D eigenvalue weighted by atomic mass is 16.1. The van der Waals surface area contributed by atoms with Crippen LogP contribution in [0.3, 0.4) is 0 Å². The van der Waals surface area contributed by atoms with Gasteiger partial charge in [-0.3, -0.25) is 9.69 Å². The van der Waals surface area contributed by atoms with Crippen LogP contribution >= 0.6 is 0 Å². The summed E-state index contributed by atoms with van der Waals surface area (Å²) in [7, 11) is 0. The van der Waals surface area contributed by atoms with Gasteiger partial charge in [-0.25, -0.2) is 0 Å². The lowest BCUT2D eigenvalue weighted by Crippen LogP contribution is -2.33. The number of rotatable bonds is 7. The summed E-state index contributed by atoms with van der Waals surface area (Å²) >= 11 is 0. The van der Waals surface area contributed by atoms with Crippen molar-refractivity contribution in [1.82, 2.24) is 10.2 Å². The zero-order valence-corrected chi connectivity index (χ0v) is 16.4. The van der Waals surface area contributed by atoms with Gasteiger partial charge in [-0.2, -0.15) is 5.26 Å². The molecule has 2 aromatic rings. The normalized spacial score (nSPS) is 16.9. The van der Waals surface area contributed by atoms with Crippen LogP contribution in [0.5, 0.6) is 0 Å². The maximum Gasteiger partial charge on any atom is 0.239 e. The number of carbonyl (C=O) groups is 1. The summed E-state index contributed by atoms with van der Waals surface area (Å²) in [6.45, 7) is 6.43.